The molecule has 0 bridgehead atoms. The van der Waals surface area contributed by atoms with Crippen LogP contribution in [0.3, 0.4) is 0 Å². The monoisotopic (exact) mass is 374 g/mol. The van der Waals surface area contributed by atoms with Gasteiger partial charge in [0.2, 0.25) is 11.8 Å². The largest absolute Gasteiger partial charge is 0.474 e. The fourth-order valence-electron chi connectivity index (χ4n) is 2.38. The molecule has 1 amide bonds. The summed E-state index contributed by atoms with van der Waals surface area (Å²) in [7, 11) is 0. The standard InChI is InChI=1S/C16H22N4O2.2ClH/c1-11(2)15(18)16(21)20-7-5-13(6-8-20)22-14-4-3-12(9-17)10-19-14;;/h3-4,10-11,13,15H,5-8,18H2,1-2H3;2*1H/t15-;;/m0../s1. The van der Waals surface area contributed by atoms with Crippen molar-refractivity contribution in [3.63, 3.8) is 0 Å². The summed E-state index contributed by atoms with van der Waals surface area (Å²) in [6.07, 6.45) is 3.06. The molecule has 0 aliphatic carbocycles. The Bertz CT molecular complexity index is 552. The molecule has 1 atom stereocenters. The highest BCUT2D eigenvalue weighted by atomic mass is 35.5. The van der Waals surface area contributed by atoms with Crippen LogP contribution in [0.4, 0.5) is 0 Å². The zero-order chi connectivity index (χ0) is 16.1. The third-order valence-electron chi connectivity index (χ3n) is 3.91. The zero-order valence-corrected chi connectivity index (χ0v) is 15.5. The van der Waals surface area contributed by atoms with Crippen LogP contribution >= 0.6 is 24.8 Å². The maximum Gasteiger partial charge on any atom is 0.239 e. The van der Waals surface area contributed by atoms with Crippen LogP contribution in [-0.4, -0.2) is 41.0 Å². The zero-order valence-electron chi connectivity index (χ0n) is 13.8. The van der Waals surface area contributed by atoms with Crippen LogP contribution in [0, 0.1) is 17.2 Å². The van der Waals surface area contributed by atoms with E-state index in [9.17, 15) is 4.79 Å². The first-order valence-corrected chi connectivity index (χ1v) is 7.58. The van der Waals surface area contributed by atoms with E-state index in [-0.39, 0.29) is 42.7 Å². The van der Waals surface area contributed by atoms with Crippen molar-refractivity contribution in [1.82, 2.24) is 9.88 Å². The predicted octanol–water partition coefficient (Wildman–Crippen LogP) is 2.15. The van der Waals surface area contributed by atoms with E-state index in [1.807, 2.05) is 24.8 Å². The van der Waals surface area contributed by atoms with Crippen molar-refractivity contribution in [3.8, 4) is 11.9 Å². The molecule has 1 aliphatic rings. The summed E-state index contributed by atoms with van der Waals surface area (Å²) >= 11 is 0. The molecule has 0 aromatic carbocycles. The number of nitrogens with two attached hydrogens (primary N) is 1. The molecule has 0 radical (unpaired) electrons. The molecule has 0 saturated carbocycles. The first-order valence-electron chi connectivity index (χ1n) is 7.58. The Hall–Kier alpha value is -1.55. The van der Waals surface area contributed by atoms with Crippen LogP contribution in [0.25, 0.3) is 0 Å². The molecule has 2 heterocycles. The summed E-state index contributed by atoms with van der Waals surface area (Å²) in [5.41, 5.74) is 6.43. The van der Waals surface area contributed by atoms with E-state index in [2.05, 4.69) is 4.98 Å². The molecular weight excluding hydrogens is 351 g/mol. The van der Waals surface area contributed by atoms with Crippen molar-refractivity contribution in [1.29, 1.82) is 5.26 Å². The van der Waals surface area contributed by atoms with Crippen molar-refractivity contribution in [2.75, 3.05) is 13.1 Å². The summed E-state index contributed by atoms with van der Waals surface area (Å²) in [6, 6.07) is 4.97. The quantitative estimate of drug-likeness (QED) is 0.871. The molecule has 1 aromatic rings. The fraction of sp³-hybridized carbons (Fsp3) is 0.562. The van der Waals surface area contributed by atoms with Gasteiger partial charge in [-0.05, 0) is 12.0 Å². The third-order valence-corrected chi connectivity index (χ3v) is 3.91. The lowest BCUT2D eigenvalue weighted by molar-refractivity contribution is -0.135. The summed E-state index contributed by atoms with van der Waals surface area (Å²) in [5.74, 6) is 0.678. The van der Waals surface area contributed by atoms with Crippen LogP contribution in [0.5, 0.6) is 5.88 Å². The third kappa shape index (κ3) is 5.82. The lowest BCUT2D eigenvalue weighted by Gasteiger charge is -2.34. The molecule has 0 unspecified atom stereocenters. The van der Waals surface area contributed by atoms with Crippen LogP contribution in [0.15, 0.2) is 18.3 Å². The Morgan fingerprint density at radius 2 is 2.00 bits per heavy atom. The smallest absolute Gasteiger partial charge is 0.239 e. The van der Waals surface area contributed by atoms with Gasteiger partial charge in [-0.2, -0.15) is 5.26 Å². The van der Waals surface area contributed by atoms with E-state index < -0.39 is 6.04 Å². The normalized spacial score (nSPS) is 15.7. The number of aromatic nitrogens is 1. The lowest BCUT2D eigenvalue weighted by atomic mass is 10.0. The molecule has 6 nitrogen and oxygen atoms in total. The number of pyridine rings is 1. The first kappa shape index (κ1) is 22.4. The topological polar surface area (TPSA) is 92.2 Å². The van der Waals surface area contributed by atoms with Gasteiger partial charge in [0.25, 0.3) is 0 Å². The average molecular weight is 375 g/mol. The molecule has 2 rings (SSSR count). The predicted molar refractivity (Wildman–Crippen MR) is 96.5 cm³/mol. The second-order valence-corrected chi connectivity index (χ2v) is 5.91. The molecule has 0 spiro atoms. The number of carbonyl (C=O) groups is 1. The molecule has 1 saturated heterocycles. The van der Waals surface area contributed by atoms with Crippen molar-refractivity contribution in [2.45, 2.75) is 38.8 Å². The highest BCUT2D eigenvalue weighted by molar-refractivity contribution is 5.85. The van der Waals surface area contributed by atoms with E-state index >= 15 is 0 Å². The molecule has 1 aliphatic heterocycles. The van der Waals surface area contributed by atoms with Crippen molar-refractivity contribution >= 4 is 30.7 Å². The van der Waals surface area contributed by atoms with Gasteiger partial charge >= 0.3 is 0 Å². The SMILES string of the molecule is CC(C)[C@H](N)C(=O)N1CCC(Oc2ccc(C#N)cn2)CC1.Cl.Cl. The number of likely N-dealkylation sites (tertiary alicyclic amines) is 1. The van der Waals surface area contributed by atoms with Crippen molar-refractivity contribution < 1.29 is 9.53 Å². The van der Waals surface area contributed by atoms with Gasteiger partial charge in [0.1, 0.15) is 12.2 Å². The Labute approximate surface area is 155 Å². The fourth-order valence-corrected chi connectivity index (χ4v) is 2.38. The van der Waals surface area contributed by atoms with Gasteiger partial charge in [-0.25, -0.2) is 4.98 Å². The number of ether oxygens (including phenoxy) is 1. The van der Waals surface area contributed by atoms with Gasteiger partial charge in [0, 0.05) is 38.2 Å². The summed E-state index contributed by atoms with van der Waals surface area (Å²) in [5, 5.41) is 8.74. The minimum atomic E-state index is -0.433. The molecule has 134 valence electrons. The Kier molecular flexibility index (Phi) is 9.67. The average Bonchev–Trinajstić information content (AvgIpc) is 2.55. The maximum absolute atomic E-state index is 12.2. The number of hydrogen-bond acceptors (Lipinski definition) is 5. The van der Waals surface area contributed by atoms with E-state index in [4.69, 9.17) is 15.7 Å². The van der Waals surface area contributed by atoms with Crippen LogP contribution < -0.4 is 10.5 Å². The second-order valence-electron chi connectivity index (χ2n) is 5.91. The highest BCUT2D eigenvalue weighted by Crippen LogP contribution is 2.18. The van der Waals surface area contributed by atoms with Crippen molar-refractivity contribution in [2.24, 2.45) is 11.7 Å². The van der Waals surface area contributed by atoms with E-state index in [1.54, 1.807) is 12.1 Å². The molecular formula is C16H24Cl2N4O2. The number of nitriles is 1. The summed E-state index contributed by atoms with van der Waals surface area (Å²) < 4.78 is 5.80. The highest BCUT2D eigenvalue weighted by Gasteiger charge is 2.28. The Morgan fingerprint density at radius 3 is 2.46 bits per heavy atom. The first-order chi connectivity index (χ1) is 10.5. The minimum Gasteiger partial charge on any atom is -0.474 e. The summed E-state index contributed by atoms with van der Waals surface area (Å²) in [6.45, 7) is 5.21. The molecule has 1 aromatic heterocycles. The Balaban J connectivity index is 0.00000264. The van der Waals surface area contributed by atoms with Crippen LogP contribution in [-0.2, 0) is 4.79 Å². The van der Waals surface area contributed by atoms with Crippen molar-refractivity contribution in [3.05, 3.63) is 23.9 Å². The van der Waals surface area contributed by atoms with Crippen LogP contribution in [0.1, 0.15) is 32.3 Å². The number of carbonyl (C=O) groups excluding carboxylic acids is 1. The number of rotatable bonds is 4. The number of amides is 1. The van der Waals surface area contributed by atoms with Crippen LogP contribution in [0.2, 0.25) is 0 Å². The Morgan fingerprint density at radius 1 is 1.38 bits per heavy atom. The molecule has 8 heteroatoms. The van der Waals surface area contributed by atoms with E-state index in [0.29, 0.717) is 24.5 Å². The minimum absolute atomic E-state index is 0. The molecule has 1 fully saturated rings. The maximum atomic E-state index is 12.2. The van der Waals surface area contributed by atoms with Gasteiger partial charge in [-0.1, -0.05) is 13.8 Å². The number of piperidine rings is 1. The van der Waals surface area contributed by atoms with Gasteiger partial charge in [-0.15, -0.1) is 24.8 Å². The van der Waals surface area contributed by atoms with E-state index in [0.717, 1.165) is 12.8 Å². The number of nitrogens with zero attached hydrogens (tertiary/aromatic N) is 3. The number of halogens is 2. The van der Waals surface area contributed by atoms with Gasteiger partial charge in [0.05, 0.1) is 11.6 Å². The van der Waals surface area contributed by atoms with E-state index in [1.165, 1.54) is 6.20 Å². The molecule has 24 heavy (non-hydrogen) atoms. The van der Waals surface area contributed by atoms with Gasteiger partial charge in [0.15, 0.2) is 0 Å². The van der Waals surface area contributed by atoms with Gasteiger partial charge < -0.3 is 15.4 Å². The van der Waals surface area contributed by atoms with Gasteiger partial charge in [-0.3, -0.25) is 4.79 Å². The molecule has 2 N–H and O–H groups in total. The summed E-state index contributed by atoms with van der Waals surface area (Å²) in [4.78, 5) is 18.1. The lowest BCUT2D eigenvalue weighted by Crippen LogP contribution is -2.50. The second kappa shape index (κ2) is 10.3. The number of hydrogen-bond donors (Lipinski definition) is 1.